The van der Waals surface area contributed by atoms with E-state index < -0.39 is 5.97 Å². The standard InChI is InChI=1S/C13H12N4O2/c1-7-9(6-14-17-7)12-15-10-5-3-4-8(11(10)16-12)13(18)19-2/h3-6H,1-2H3,(H,14,17)(H,15,16). The number of imidazole rings is 1. The Hall–Kier alpha value is -2.63. The van der Waals surface area contributed by atoms with Crippen molar-refractivity contribution in [2.75, 3.05) is 7.11 Å². The van der Waals surface area contributed by atoms with Crippen LogP contribution in [0.2, 0.25) is 0 Å². The van der Waals surface area contributed by atoms with Crippen LogP contribution in [-0.2, 0) is 4.74 Å². The second-order valence-electron chi connectivity index (χ2n) is 4.19. The van der Waals surface area contributed by atoms with Crippen LogP contribution in [0.25, 0.3) is 22.4 Å². The normalized spacial score (nSPS) is 10.8. The minimum absolute atomic E-state index is 0.396. The summed E-state index contributed by atoms with van der Waals surface area (Å²) in [5, 5.41) is 6.82. The Kier molecular flexibility index (Phi) is 2.56. The number of aromatic nitrogens is 4. The van der Waals surface area contributed by atoms with E-state index in [1.165, 1.54) is 7.11 Å². The van der Waals surface area contributed by atoms with Crippen LogP contribution in [0.1, 0.15) is 16.1 Å². The number of carbonyl (C=O) groups excluding carboxylic acids is 1. The number of methoxy groups -OCH3 is 1. The molecule has 0 saturated heterocycles. The summed E-state index contributed by atoms with van der Waals surface area (Å²) in [6, 6.07) is 5.35. The molecule has 19 heavy (non-hydrogen) atoms. The van der Waals surface area contributed by atoms with E-state index in [4.69, 9.17) is 4.74 Å². The van der Waals surface area contributed by atoms with Crippen molar-refractivity contribution < 1.29 is 9.53 Å². The summed E-state index contributed by atoms with van der Waals surface area (Å²) in [6.07, 6.45) is 1.70. The van der Waals surface area contributed by atoms with Crippen LogP contribution in [0, 0.1) is 6.92 Å². The number of nitrogens with zero attached hydrogens (tertiary/aromatic N) is 2. The number of hydrogen-bond donors (Lipinski definition) is 2. The van der Waals surface area contributed by atoms with Gasteiger partial charge in [0.25, 0.3) is 0 Å². The van der Waals surface area contributed by atoms with Gasteiger partial charge in [-0.25, -0.2) is 9.78 Å². The summed E-state index contributed by atoms with van der Waals surface area (Å²) in [7, 11) is 1.36. The number of hydrogen-bond acceptors (Lipinski definition) is 4. The molecule has 0 saturated carbocycles. The quantitative estimate of drug-likeness (QED) is 0.687. The first-order valence-electron chi connectivity index (χ1n) is 5.78. The molecule has 0 aliphatic carbocycles. The number of carbonyl (C=O) groups is 1. The first-order valence-corrected chi connectivity index (χ1v) is 5.78. The topological polar surface area (TPSA) is 83.7 Å². The monoisotopic (exact) mass is 256 g/mol. The Labute approximate surface area is 108 Å². The highest BCUT2D eigenvalue weighted by molar-refractivity contribution is 6.02. The summed E-state index contributed by atoms with van der Waals surface area (Å²) in [5.74, 6) is 0.283. The lowest BCUT2D eigenvalue weighted by Gasteiger charge is -1.98. The van der Waals surface area contributed by atoms with E-state index in [2.05, 4.69) is 20.2 Å². The smallest absolute Gasteiger partial charge is 0.340 e. The molecule has 2 heterocycles. The van der Waals surface area contributed by atoms with Gasteiger partial charge >= 0.3 is 5.97 Å². The van der Waals surface area contributed by atoms with Crippen LogP contribution >= 0.6 is 0 Å². The fourth-order valence-corrected chi connectivity index (χ4v) is 2.02. The molecule has 3 aromatic rings. The number of rotatable bonds is 2. The molecule has 96 valence electrons. The fraction of sp³-hybridized carbons (Fsp3) is 0.154. The number of nitrogens with one attached hydrogen (secondary N) is 2. The molecule has 0 spiro atoms. The third-order valence-corrected chi connectivity index (χ3v) is 3.00. The maximum atomic E-state index is 11.7. The van der Waals surface area contributed by atoms with E-state index in [0.717, 1.165) is 16.8 Å². The number of esters is 1. The van der Waals surface area contributed by atoms with Crippen LogP contribution in [0.15, 0.2) is 24.4 Å². The maximum Gasteiger partial charge on any atom is 0.340 e. The molecule has 0 fully saturated rings. The van der Waals surface area contributed by atoms with Gasteiger partial charge in [-0.3, -0.25) is 5.10 Å². The lowest BCUT2D eigenvalue weighted by molar-refractivity contribution is 0.0603. The zero-order valence-corrected chi connectivity index (χ0v) is 10.5. The van der Waals surface area contributed by atoms with Gasteiger partial charge in [0.1, 0.15) is 11.3 Å². The SMILES string of the molecule is COC(=O)c1cccc2[nH]c(-c3cn[nH]c3C)nc12. The number of H-pyrrole nitrogens is 2. The second kappa shape index (κ2) is 4.24. The van der Waals surface area contributed by atoms with Crippen molar-refractivity contribution in [1.29, 1.82) is 0 Å². The van der Waals surface area contributed by atoms with Gasteiger partial charge in [0.05, 0.1) is 30.0 Å². The minimum atomic E-state index is -0.396. The predicted molar refractivity (Wildman–Crippen MR) is 69.8 cm³/mol. The van der Waals surface area contributed by atoms with Gasteiger partial charge in [-0.15, -0.1) is 0 Å². The van der Waals surface area contributed by atoms with Gasteiger partial charge < -0.3 is 9.72 Å². The van der Waals surface area contributed by atoms with Crippen LogP contribution < -0.4 is 0 Å². The molecule has 0 amide bonds. The molecular weight excluding hydrogens is 244 g/mol. The van der Waals surface area contributed by atoms with Gasteiger partial charge in [0.2, 0.25) is 0 Å². The molecule has 0 aliphatic rings. The van der Waals surface area contributed by atoms with Crippen molar-refractivity contribution in [3.8, 4) is 11.4 Å². The van der Waals surface area contributed by atoms with Gasteiger partial charge in [-0.1, -0.05) is 6.07 Å². The number of aryl methyl sites for hydroxylation is 1. The second-order valence-corrected chi connectivity index (χ2v) is 4.19. The highest BCUT2D eigenvalue weighted by Gasteiger charge is 2.15. The predicted octanol–water partition coefficient (Wildman–Crippen LogP) is 2.05. The fourth-order valence-electron chi connectivity index (χ4n) is 2.02. The van der Waals surface area contributed by atoms with Crippen LogP contribution in [-0.4, -0.2) is 33.2 Å². The molecule has 2 aromatic heterocycles. The van der Waals surface area contributed by atoms with Crippen molar-refractivity contribution in [2.45, 2.75) is 6.92 Å². The molecule has 3 rings (SSSR count). The minimum Gasteiger partial charge on any atom is -0.465 e. The summed E-state index contributed by atoms with van der Waals surface area (Å²) in [5.41, 5.74) is 3.64. The molecule has 0 atom stereocenters. The Morgan fingerprint density at radius 1 is 1.37 bits per heavy atom. The third kappa shape index (κ3) is 1.77. The van der Waals surface area contributed by atoms with E-state index in [-0.39, 0.29) is 0 Å². The van der Waals surface area contributed by atoms with Crippen molar-refractivity contribution in [1.82, 2.24) is 20.2 Å². The highest BCUT2D eigenvalue weighted by Crippen LogP contribution is 2.24. The summed E-state index contributed by atoms with van der Waals surface area (Å²) in [6.45, 7) is 1.91. The molecule has 6 nitrogen and oxygen atoms in total. The lowest BCUT2D eigenvalue weighted by atomic mass is 10.2. The Morgan fingerprint density at radius 2 is 2.21 bits per heavy atom. The average molecular weight is 256 g/mol. The van der Waals surface area contributed by atoms with Crippen LogP contribution in [0.3, 0.4) is 0 Å². The molecule has 0 unspecified atom stereocenters. The van der Waals surface area contributed by atoms with Crippen molar-refractivity contribution in [3.63, 3.8) is 0 Å². The van der Waals surface area contributed by atoms with E-state index in [1.807, 2.05) is 13.0 Å². The third-order valence-electron chi connectivity index (χ3n) is 3.00. The molecule has 0 radical (unpaired) electrons. The lowest BCUT2D eigenvalue weighted by Crippen LogP contribution is -2.01. The van der Waals surface area contributed by atoms with Crippen molar-refractivity contribution in [3.05, 3.63) is 35.7 Å². The molecule has 2 N–H and O–H groups in total. The zero-order valence-electron chi connectivity index (χ0n) is 10.5. The number of ether oxygens (including phenoxy) is 1. The van der Waals surface area contributed by atoms with E-state index in [1.54, 1.807) is 18.3 Å². The maximum absolute atomic E-state index is 11.7. The molecule has 1 aromatic carbocycles. The van der Waals surface area contributed by atoms with Gasteiger partial charge in [0, 0.05) is 5.69 Å². The summed E-state index contributed by atoms with van der Waals surface area (Å²) >= 11 is 0. The summed E-state index contributed by atoms with van der Waals surface area (Å²) in [4.78, 5) is 19.3. The number of para-hydroxylation sites is 1. The number of benzene rings is 1. The first-order chi connectivity index (χ1) is 9.20. The van der Waals surface area contributed by atoms with Crippen molar-refractivity contribution >= 4 is 17.0 Å². The largest absolute Gasteiger partial charge is 0.465 e. The Balaban J connectivity index is 2.21. The van der Waals surface area contributed by atoms with E-state index in [9.17, 15) is 4.79 Å². The average Bonchev–Trinajstić information content (AvgIpc) is 3.02. The van der Waals surface area contributed by atoms with Gasteiger partial charge in [-0.2, -0.15) is 5.10 Å². The Morgan fingerprint density at radius 3 is 2.89 bits per heavy atom. The number of aromatic amines is 2. The van der Waals surface area contributed by atoms with Crippen molar-refractivity contribution in [2.24, 2.45) is 0 Å². The van der Waals surface area contributed by atoms with Gasteiger partial charge in [-0.05, 0) is 19.1 Å². The first kappa shape index (κ1) is 11.5. The Bertz CT molecular complexity index is 757. The molecule has 0 bridgehead atoms. The molecular formula is C13H12N4O2. The highest BCUT2D eigenvalue weighted by atomic mass is 16.5. The molecule has 0 aliphatic heterocycles. The van der Waals surface area contributed by atoms with Crippen LogP contribution in [0.4, 0.5) is 0 Å². The van der Waals surface area contributed by atoms with E-state index >= 15 is 0 Å². The summed E-state index contributed by atoms with van der Waals surface area (Å²) < 4.78 is 4.76. The van der Waals surface area contributed by atoms with Gasteiger partial charge in [0.15, 0.2) is 0 Å². The zero-order chi connectivity index (χ0) is 13.4. The van der Waals surface area contributed by atoms with E-state index in [0.29, 0.717) is 16.9 Å². The number of fused-ring (bicyclic) bond motifs is 1. The molecule has 6 heteroatoms. The van der Waals surface area contributed by atoms with Crippen LogP contribution in [0.5, 0.6) is 0 Å².